The van der Waals surface area contributed by atoms with Crippen molar-refractivity contribution in [3.05, 3.63) is 45.2 Å². The number of oxime groups is 1. The number of aromatic nitrogens is 2. The first kappa shape index (κ1) is 13.6. The molecule has 1 heterocycles. The smallest absolute Gasteiger partial charge is 0.170 e. The van der Waals surface area contributed by atoms with E-state index in [9.17, 15) is 0 Å². The van der Waals surface area contributed by atoms with Crippen molar-refractivity contribution < 1.29 is 5.21 Å². The van der Waals surface area contributed by atoms with Crippen LogP contribution >= 0.6 is 15.9 Å². The molecule has 1 aromatic carbocycles. The summed E-state index contributed by atoms with van der Waals surface area (Å²) >= 11 is 3.51. The number of rotatable bonds is 2. The molecule has 6 heteroatoms. The van der Waals surface area contributed by atoms with Gasteiger partial charge in [0.25, 0.3) is 0 Å². The van der Waals surface area contributed by atoms with E-state index in [1.807, 2.05) is 43.7 Å². The molecule has 0 aliphatic carbocycles. The van der Waals surface area contributed by atoms with Crippen LogP contribution in [0.4, 0.5) is 0 Å². The Kier molecular flexibility index (Phi) is 3.61. The molecule has 0 saturated heterocycles. The monoisotopic (exact) mass is 322 g/mol. The molecule has 0 aliphatic rings. The largest absolute Gasteiger partial charge is 0.409 e. The van der Waals surface area contributed by atoms with E-state index < -0.39 is 0 Å². The van der Waals surface area contributed by atoms with Gasteiger partial charge in [-0.15, -0.1) is 0 Å². The first-order chi connectivity index (χ1) is 8.95. The molecule has 0 aliphatic heterocycles. The molecule has 0 amide bonds. The molecule has 0 bridgehead atoms. The molecule has 0 unspecified atom stereocenters. The van der Waals surface area contributed by atoms with Crippen LogP contribution in [0.1, 0.15) is 22.5 Å². The Bertz CT molecular complexity index is 661. The summed E-state index contributed by atoms with van der Waals surface area (Å²) in [7, 11) is 0. The molecular formula is C13H15BrN4O. The second-order valence-electron chi connectivity index (χ2n) is 4.38. The highest BCUT2D eigenvalue weighted by Crippen LogP contribution is 2.24. The number of aryl methyl sites for hydroxylation is 2. The van der Waals surface area contributed by atoms with Crippen LogP contribution in [-0.2, 0) is 0 Å². The number of halogens is 1. The molecule has 2 aromatic rings. The van der Waals surface area contributed by atoms with Crippen LogP contribution in [0.2, 0.25) is 0 Å². The molecule has 1 aromatic heterocycles. The Hall–Kier alpha value is -1.82. The van der Waals surface area contributed by atoms with Crippen molar-refractivity contribution >= 4 is 21.8 Å². The van der Waals surface area contributed by atoms with Gasteiger partial charge in [-0.25, -0.2) is 4.68 Å². The van der Waals surface area contributed by atoms with E-state index >= 15 is 0 Å². The van der Waals surface area contributed by atoms with E-state index in [4.69, 9.17) is 10.9 Å². The van der Waals surface area contributed by atoms with Gasteiger partial charge in [0, 0.05) is 5.56 Å². The summed E-state index contributed by atoms with van der Waals surface area (Å²) in [5.41, 5.74) is 10.2. The molecule has 5 nitrogen and oxygen atoms in total. The van der Waals surface area contributed by atoms with Crippen molar-refractivity contribution in [1.29, 1.82) is 0 Å². The SMILES string of the molecule is Cc1cc(-n2nc(C)c(Br)c2C)ccc1/C(N)=N/O. The number of amidine groups is 1. The Morgan fingerprint density at radius 1 is 1.37 bits per heavy atom. The van der Waals surface area contributed by atoms with Gasteiger partial charge in [-0.2, -0.15) is 5.10 Å². The van der Waals surface area contributed by atoms with E-state index in [1.165, 1.54) is 0 Å². The van der Waals surface area contributed by atoms with Crippen molar-refractivity contribution in [2.24, 2.45) is 10.9 Å². The fraction of sp³-hybridized carbons (Fsp3) is 0.231. The molecule has 0 fully saturated rings. The van der Waals surface area contributed by atoms with E-state index in [2.05, 4.69) is 26.2 Å². The zero-order valence-corrected chi connectivity index (χ0v) is 12.6. The van der Waals surface area contributed by atoms with Gasteiger partial charge >= 0.3 is 0 Å². The van der Waals surface area contributed by atoms with E-state index in [-0.39, 0.29) is 5.84 Å². The minimum absolute atomic E-state index is 0.110. The highest BCUT2D eigenvalue weighted by molar-refractivity contribution is 9.10. The number of nitrogens with zero attached hydrogens (tertiary/aromatic N) is 3. The molecule has 2 rings (SSSR count). The standard InChI is InChI=1S/C13H15BrN4O/c1-7-6-10(4-5-11(7)13(15)17-19)18-9(3)12(14)8(2)16-18/h4-6,19H,1-3H3,(H2,15,17). The van der Waals surface area contributed by atoms with Gasteiger partial charge < -0.3 is 10.9 Å². The maximum Gasteiger partial charge on any atom is 0.170 e. The fourth-order valence-corrected chi connectivity index (χ4v) is 2.24. The van der Waals surface area contributed by atoms with Crippen LogP contribution in [0.3, 0.4) is 0 Å². The molecular weight excluding hydrogens is 308 g/mol. The van der Waals surface area contributed by atoms with Gasteiger partial charge in [0.15, 0.2) is 5.84 Å². The average molecular weight is 323 g/mol. The third-order valence-electron chi connectivity index (χ3n) is 3.04. The maximum atomic E-state index is 8.72. The van der Waals surface area contributed by atoms with Gasteiger partial charge in [-0.3, -0.25) is 0 Å². The van der Waals surface area contributed by atoms with Crippen LogP contribution < -0.4 is 5.73 Å². The van der Waals surface area contributed by atoms with Crippen molar-refractivity contribution in [2.75, 3.05) is 0 Å². The number of hydrogen-bond donors (Lipinski definition) is 2. The number of hydrogen-bond acceptors (Lipinski definition) is 3. The lowest BCUT2D eigenvalue weighted by Crippen LogP contribution is -2.15. The summed E-state index contributed by atoms with van der Waals surface area (Å²) in [6.07, 6.45) is 0. The van der Waals surface area contributed by atoms with Crippen LogP contribution in [0.15, 0.2) is 27.8 Å². The zero-order chi connectivity index (χ0) is 14.2. The van der Waals surface area contributed by atoms with Gasteiger partial charge in [-0.1, -0.05) is 5.16 Å². The lowest BCUT2D eigenvalue weighted by molar-refractivity contribution is 0.318. The molecule has 0 atom stereocenters. The van der Waals surface area contributed by atoms with Crippen LogP contribution in [-0.4, -0.2) is 20.8 Å². The second kappa shape index (κ2) is 5.05. The molecule has 19 heavy (non-hydrogen) atoms. The van der Waals surface area contributed by atoms with Crippen LogP contribution in [0.25, 0.3) is 5.69 Å². The summed E-state index contributed by atoms with van der Waals surface area (Å²) in [4.78, 5) is 0. The highest BCUT2D eigenvalue weighted by atomic mass is 79.9. The van der Waals surface area contributed by atoms with Gasteiger partial charge in [0.05, 0.1) is 21.5 Å². The summed E-state index contributed by atoms with van der Waals surface area (Å²) in [6, 6.07) is 5.68. The summed E-state index contributed by atoms with van der Waals surface area (Å²) in [6.45, 7) is 5.86. The van der Waals surface area contributed by atoms with Crippen molar-refractivity contribution in [1.82, 2.24) is 9.78 Å². The lowest BCUT2D eigenvalue weighted by atomic mass is 10.1. The van der Waals surface area contributed by atoms with Crippen molar-refractivity contribution in [3.63, 3.8) is 0 Å². The number of benzene rings is 1. The van der Waals surface area contributed by atoms with E-state index in [1.54, 1.807) is 0 Å². The Morgan fingerprint density at radius 3 is 2.53 bits per heavy atom. The molecule has 0 spiro atoms. The third-order valence-corrected chi connectivity index (χ3v) is 4.19. The van der Waals surface area contributed by atoms with Crippen LogP contribution in [0, 0.1) is 20.8 Å². The Labute approximate surface area is 119 Å². The molecule has 3 N–H and O–H groups in total. The molecule has 100 valence electrons. The van der Waals surface area contributed by atoms with Crippen molar-refractivity contribution in [2.45, 2.75) is 20.8 Å². The quantitative estimate of drug-likeness (QED) is 0.386. The Morgan fingerprint density at radius 2 is 2.05 bits per heavy atom. The first-order valence-electron chi connectivity index (χ1n) is 5.76. The van der Waals surface area contributed by atoms with Crippen LogP contribution in [0.5, 0.6) is 0 Å². The highest BCUT2D eigenvalue weighted by Gasteiger charge is 2.12. The number of nitrogens with two attached hydrogens (primary N) is 1. The normalized spacial score (nSPS) is 11.9. The second-order valence-corrected chi connectivity index (χ2v) is 5.17. The summed E-state index contributed by atoms with van der Waals surface area (Å²) in [5, 5.41) is 16.2. The lowest BCUT2D eigenvalue weighted by Gasteiger charge is -2.09. The summed E-state index contributed by atoms with van der Waals surface area (Å²) < 4.78 is 2.87. The first-order valence-corrected chi connectivity index (χ1v) is 6.55. The molecule has 0 radical (unpaired) electrons. The predicted octanol–water partition coefficient (Wildman–Crippen LogP) is 2.65. The fourth-order valence-electron chi connectivity index (χ4n) is 2.00. The predicted molar refractivity (Wildman–Crippen MR) is 78.0 cm³/mol. The minimum Gasteiger partial charge on any atom is -0.409 e. The van der Waals surface area contributed by atoms with E-state index in [0.29, 0.717) is 5.56 Å². The third kappa shape index (κ3) is 2.35. The maximum absolute atomic E-state index is 8.72. The van der Waals surface area contributed by atoms with Gasteiger partial charge in [-0.05, 0) is 60.5 Å². The van der Waals surface area contributed by atoms with Gasteiger partial charge in [0.1, 0.15) is 0 Å². The molecule has 0 saturated carbocycles. The summed E-state index contributed by atoms with van der Waals surface area (Å²) in [5.74, 6) is 0.110. The minimum atomic E-state index is 0.110. The zero-order valence-electron chi connectivity index (χ0n) is 11.0. The van der Waals surface area contributed by atoms with E-state index in [0.717, 1.165) is 27.1 Å². The average Bonchev–Trinajstić information content (AvgIpc) is 2.65. The van der Waals surface area contributed by atoms with Gasteiger partial charge in [0.2, 0.25) is 0 Å². The topological polar surface area (TPSA) is 76.4 Å². The van der Waals surface area contributed by atoms with Crippen molar-refractivity contribution in [3.8, 4) is 5.69 Å². The Balaban J connectivity index is 2.53.